The third-order valence-electron chi connectivity index (χ3n) is 6.55. The smallest absolute Gasteiger partial charge is 0.253 e. The highest BCUT2D eigenvalue weighted by Gasteiger charge is 2.24. The van der Waals surface area contributed by atoms with Crippen molar-refractivity contribution in [1.29, 1.82) is 0 Å². The van der Waals surface area contributed by atoms with Crippen LogP contribution in [-0.2, 0) is 0 Å². The maximum absolute atomic E-state index is 13.2. The van der Waals surface area contributed by atoms with Crippen molar-refractivity contribution in [3.05, 3.63) is 66.0 Å². The van der Waals surface area contributed by atoms with E-state index in [0.717, 1.165) is 75.1 Å². The number of rotatable bonds is 4. The molecule has 4 heterocycles. The van der Waals surface area contributed by atoms with Gasteiger partial charge in [-0.3, -0.25) is 4.79 Å². The summed E-state index contributed by atoms with van der Waals surface area (Å²) in [6.07, 6.45) is 2.80. The maximum Gasteiger partial charge on any atom is 0.253 e. The number of carbonyl (C=O) groups is 1. The summed E-state index contributed by atoms with van der Waals surface area (Å²) in [5.41, 5.74) is 4.56. The van der Waals surface area contributed by atoms with Crippen LogP contribution < -0.4 is 9.64 Å². The summed E-state index contributed by atoms with van der Waals surface area (Å²) < 4.78 is 8.27. The molecule has 0 radical (unpaired) electrons. The van der Waals surface area contributed by atoms with Gasteiger partial charge in [-0.15, -0.1) is 0 Å². The maximum atomic E-state index is 13.2. The van der Waals surface area contributed by atoms with Gasteiger partial charge in [0.1, 0.15) is 5.75 Å². The second-order valence-electron chi connectivity index (χ2n) is 8.76. The van der Waals surface area contributed by atoms with Crippen molar-refractivity contribution in [3.63, 3.8) is 0 Å². The summed E-state index contributed by atoms with van der Waals surface area (Å²) in [4.78, 5) is 25.6. The number of aromatic nitrogens is 4. The van der Waals surface area contributed by atoms with Gasteiger partial charge >= 0.3 is 0 Å². The topological polar surface area (TPSA) is 79.3 Å². The van der Waals surface area contributed by atoms with Crippen LogP contribution in [0.3, 0.4) is 0 Å². The Balaban J connectivity index is 1.22. The van der Waals surface area contributed by atoms with Crippen molar-refractivity contribution < 1.29 is 9.53 Å². The Morgan fingerprint density at radius 1 is 1.06 bits per heavy atom. The van der Waals surface area contributed by atoms with Crippen molar-refractivity contribution >= 4 is 43.6 Å². The molecule has 35 heavy (non-hydrogen) atoms. The molecule has 0 atom stereocenters. The fourth-order valence-corrected chi connectivity index (χ4v) is 5.68. The van der Waals surface area contributed by atoms with Gasteiger partial charge in [-0.05, 0) is 61.9 Å². The number of carbonyl (C=O) groups excluding carboxylic acids is 1. The Morgan fingerprint density at radius 2 is 1.91 bits per heavy atom. The van der Waals surface area contributed by atoms with E-state index in [1.165, 1.54) is 0 Å². The number of benzene rings is 2. The van der Waals surface area contributed by atoms with Crippen LogP contribution in [-0.4, -0.2) is 63.8 Å². The Bertz CT molecular complexity index is 1520. The van der Waals surface area contributed by atoms with Crippen LogP contribution in [0.5, 0.6) is 5.75 Å². The van der Waals surface area contributed by atoms with Gasteiger partial charge in [0.05, 0.1) is 23.2 Å². The number of hydrogen-bond acceptors (Lipinski definition) is 6. The van der Waals surface area contributed by atoms with Crippen molar-refractivity contribution in [2.24, 2.45) is 0 Å². The molecule has 0 saturated carbocycles. The van der Waals surface area contributed by atoms with Gasteiger partial charge in [-0.2, -0.15) is 10.1 Å². The number of anilines is 1. The van der Waals surface area contributed by atoms with E-state index in [0.29, 0.717) is 6.54 Å². The number of aromatic amines is 1. The quantitative estimate of drug-likeness (QED) is 0.401. The summed E-state index contributed by atoms with van der Waals surface area (Å²) in [5.74, 6) is 0.898. The Hall–Kier alpha value is -3.85. The molecule has 0 unspecified atom stereocenters. The number of hydrogen-bond donors (Lipinski definition) is 1. The molecule has 8 nitrogen and oxygen atoms in total. The Kier molecular flexibility index (Phi) is 5.41. The zero-order valence-corrected chi connectivity index (χ0v) is 20.5. The molecule has 9 heteroatoms. The third-order valence-corrected chi connectivity index (χ3v) is 7.76. The van der Waals surface area contributed by atoms with Crippen LogP contribution in [0.25, 0.3) is 26.9 Å². The second-order valence-corrected chi connectivity index (χ2v) is 9.73. The van der Waals surface area contributed by atoms with Crippen molar-refractivity contribution in [2.45, 2.75) is 13.3 Å². The number of ether oxygens (including phenoxy) is 1. The van der Waals surface area contributed by atoms with E-state index in [1.54, 1.807) is 18.4 Å². The van der Waals surface area contributed by atoms with E-state index in [4.69, 9.17) is 14.8 Å². The first-order chi connectivity index (χ1) is 17.1. The summed E-state index contributed by atoms with van der Waals surface area (Å²) in [5, 5.41) is 6.75. The van der Waals surface area contributed by atoms with Gasteiger partial charge in [0.25, 0.3) is 5.91 Å². The van der Waals surface area contributed by atoms with E-state index in [1.807, 2.05) is 71.2 Å². The molecule has 1 aliphatic rings. The number of H-pyrrole nitrogens is 1. The standard InChI is InChI=1S/C26H26N6O2S/c1-17-23-24(32(29-17)20-5-7-21(34-2)8-6-20)28-26(35-23)31-13-3-12-30(14-15-31)25(33)19-4-9-22-18(16-19)10-11-27-22/h4-11,16,27H,3,12-15H2,1-2H3. The molecular weight excluding hydrogens is 460 g/mol. The van der Waals surface area contributed by atoms with Crippen molar-refractivity contribution in [2.75, 3.05) is 38.2 Å². The Labute approximate surface area is 206 Å². The summed E-state index contributed by atoms with van der Waals surface area (Å²) in [6.45, 7) is 5.05. The zero-order valence-electron chi connectivity index (χ0n) is 19.7. The zero-order chi connectivity index (χ0) is 23.9. The monoisotopic (exact) mass is 486 g/mol. The molecule has 1 aliphatic heterocycles. The van der Waals surface area contributed by atoms with E-state index in [9.17, 15) is 4.79 Å². The normalized spacial score (nSPS) is 14.6. The molecule has 0 aliphatic carbocycles. The number of methoxy groups -OCH3 is 1. The molecule has 3 aromatic heterocycles. The first-order valence-corrected chi connectivity index (χ1v) is 12.5. The van der Waals surface area contributed by atoms with Gasteiger partial charge < -0.3 is 19.5 Å². The third kappa shape index (κ3) is 3.91. The van der Waals surface area contributed by atoms with Crippen LogP contribution >= 0.6 is 11.3 Å². The summed E-state index contributed by atoms with van der Waals surface area (Å²) in [7, 11) is 1.66. The fraction of sp³-hybridized carbons (Fsp3) is 0.269. The number of fused-ring (bicyclic) bond motifs is 2. The molecule has 6 rings (SSSR count). The van der Waals surface area contributed by atoms with Gasteiger partial charge in [-0.25, -0.2) is 4.68 Å². The number of nitrogens with zero attached hydrogens (tertiary/aromatic N) is 5. The van der Waals surface area contributed by atoms with Gasteiger partial charge in [-0.1, -0.05) is 11.3 Å². The molecule has 5 aromatic rings. The van der Waals surface area contributed by atoms with Gasteiger partial charge in [0.2, 0.25) is 0 Å². The number of amides is 1. The molecule has 2 aromatic carbocycles. The molecule has 178 valence electrons. The van der Waals surface area contributed by atoms with Crippen molar-refractivity contribution in [3.8, 4) is 11.4 Å². The van der Waals surface area contributed by atoms with Crippen LogP contribution in [0.15, 0.2) is 54.7 Å². The fourth-order valence-electron chi connectivity index (χ4n) is 4.64. The van der Waals surface area contributed by atoms with E-state index in [-0.39, 0.29) is 5.91 Å². The van der Waals surface area contributed by atoms with Crippen LogP contribution in [0.2, 0.25) is 0 Å². The lowest BCUT2D eigenvalue weighted by Crippen LogP contribution is -2.35. The molecule has 0 spiro atoms. The number of nitrogens with one attached hydrogen (secondary N) is 1. The van der Waals surface area contributed by atoms with Crippen LogP contribution in [0, 0.1) is 6.92 Å². The van der Waals surface area contributed by atoms with Crippen LogP contribution in [0.1, 0.15) is 22.5 Å². The molecule has 1 amide bonds. The Morgan fingerprint density at radius 3 is 2.74 bits per heavy atom. The average molecular weight is 487 g/mol. The average Bonchev–Trinajstić information content (AvgIpc) is 3.55. The highest BCUT2D eigenvalue weighted by Crippen LogP contribution is 2.33. The SMILES string of the molecule is COc1ccc(-n2nc(C)c3sc(N4CCCN(C(=O)c5ccc6[nH]ccc6c5)CC4)nc32)cc1. The lowest BCUT2D eigenvalue weighted by atomic mass is 10.1. The van der Waals surface area contributed by atoms with E-state index >= 15 is 0 Å². The second kappa shape index (κ2) is 8.74. The molecular formula is C26H26N6O2S. The minimum atomic E-state index is 0.0882. The first kappa shape index (κ1) is 21.7. The molecule has 1 saturated heterocycles. The van der Waals surface area contributed by atoms with Crippen molar-refractivity contribution in [1.82, 2.24) is 24.6 Å². The van der Waals surface area contributed by atoms with Crippen LogP contribution in [0.4, 0.5) is 5.13 Å². The largest absolute Gasteiger partial charge is 0.497 e. The summed E-state index contributed by atoms with van der Waals surface area (Å²) >= 11 is 1.67. The van der Waals surface area contributed by atoms with E-state index < -0.39 is 0 Å². The van der Waals surface area contributed by atoms with Gasteiger partial charge in [0, 0.05) is 48.8 Å². The predicted molar refractivity (Wildman–Crippen MR) is 139 cm³/mol. The summed E-state index contributed by atoms with van der Waals surface area (Å²) in [6, 6.07) is 15.7. The minimum Gasteiger partial charge on any atom is -0.497 e. The predicted octanol–water partition coefficient (Wildman–Crippen LogP) is 4.63. The lowest BCUT2D eigenvalue weighted by Gasteiger charge is -2.22. The minimum absolute atomic E-state index is 0.0882. The lowest BCUT2D eigenvalue weighted by molar-refractivity contribution is 0.0767. The number of thiazole rings is 1. The highest BCUT2D eigenvalue weighted by molar-refractivity contribution is 7.22. The first-order valence-electron chi connectivity index (χ1n) is 11.7. The highest BCUT2D eigenvalue weighted by atomic mass is 32.1. The van der Waals surface area contributed by atoms with Gasteiger partial charge in [0.15, 0.2) is 10.8 Å². The van der Waals surface area contributed by atoms with E-state index in [2.05, 4.69) is 9.88 Å². The molecule has 1 fully saturated rings. The molecule has 1 N–H and O–H groups in total. The number of aryl methyl sites for hydroxylation is 1. The molecule has 0 bridgehead atoms.